The van der Waals surface area contributed by atoms with Gasteiger partial charge in [0.1, 0.15) is 0 Å². The average molecular weight is 995 g/mol. The van der Waals surface area contributed by atoms with E-state index in [9.17, 15) is 0 Å². The molecule has 0 spiro atoms. The van der Waals surface area contributed by atoms with E-state index < -0.39 is 0 Å². The summed E-state index contributed by atoms with van der Waals surface area (Å²) >= 11 is 0. The van der Waals surface area contributed by atoms with Crippen LogP contribution in [-0.4, -0.2) is 13.7 Å². The summed E-state index contributed by atoms with van der Waals surface area (Å²) < 4.78 is 14.3. The topological polar surface area (TPSA) is 27.3 Å². The van der Waals surface area contributed by atoms with Crippen molar-refractivity contribution in [3.05, 3.63) is 266 Å². The molecular formula is C73H46N4O. The maximum Gasteiger partial charge on any atom is 0.152 e. The Balaban J connectivity index is 0.896. The highest BCUT2D eigenvalue weighted by Gasteiger charge is 2.30. The quantitative estimate of drug-likeness (QED) is 0.161. The van der Waals surface area contributed by atoms with Gasteiger partial charge >= 0.3 is 0 Å². The molecule has 78 heavy (non-hydrogen) atoms. The summed E-state index contributed by atoms with van der Waals surface area (Å²) in [5.74, 6) is 1.62. The predicted octanol–water partition coefficient (Wildman–Crippen LogP) is 20.0. The second-order valence-electron chi connectivity index (χ2n) is 20.9. The lowest BCUT2D eigenvalue weighted by atomic mass is 9.92. The number of fused-ring (bicyclic) bond motifs is 17. The van der Waals surface area contributed by atoms with Crippen LogP contribution in [0.1, 0.15) is 5.56 Å². The first-order chi connectivity index (χ1) is 38.6. The van der Waals surface area contributed by atoms with Gasteiger partial charge in [-0.2, -0.15) is 0 Å². The van der Waals surface area contributed by atoms with Crippen LogP contribution in [0.25, 0.3) is 126 Å². The van der Waals surface area contributed by atoms with Gasteiger partial charge in [-0.05, 0) is 172 Å². The van der Waals surface area contributed by atoms with E-state index in [1.807, 2.05) is 0 Å². The standard InChI is InChI=1S/C73H46N4O/c1-45-29-33-54-56(37-45)52-23-11-12-24-53(52)57-41-62-63-43-73-71(44-70(63)76(69(62)42-58(54)57)50-21-9-4-10-22-50)77(68-27-15-16-28-72(68)78-73)51-32-36-67-61(40-51)60-39-47(31-35-66(60)75(67)49-19-7-3-8-20-49)46-30-34-65-59(38-46)55-25-13-14-26-64(55)74(65)48-17-5-2-6-18-48/h2-44H,1H3. The van der Waals surface area contributed by atoms with Crippen molar-refractivity contribution in [2.75, 3.05) is 4.90 Å². The molecule has 13 aromatic carbocycles. The predicted molar refractivity (Wildman–Crippen MR) is 327 cm³/mol. The van der Waals surface area contributed by atoms with Crippen LogP contribution in [0.15, 0.2) is 261 Å². The molecule has 0 fully saturated rings. The maximum atomic E-state index is 7.04. The zero-order valence-corrected chi connectivity index (χ0v) is 42.5. The van der Waals surface area contributed by atoms with Crippen LogP contribution in [0.2, 0.25) is 0 Å². The summed E-state index contributed by atoms with van der Waals surface area (Å²) in [6, 6.07) is 95.7. The number of benzene rings is 13. The number of aromatic nitrogens is 3. The highest BCUT2D eigenvalue weighted by atomic mass is 16.5. The number of rotatable bonds is 5. The van der Waals surface area contributed by atoms with Crippen LogP contribution in [0.5, 0.6) is 11.5 Å². The Kier molecular flexibility index (Phi) is 8.98. The van der Waals surface area contributed by atoms with Gasteiger partial charge in [-0.3, -0.25) is 0 Å². The highest BCUT2D eigenvalue weighted by molar-refractivity contribution is 6.29. The fraction of sp³-hybridized carbons (Fsp3) is 0.0137. The Bertz CT molecular complexity index is 5180. The van der Waals surface area contributed by atoms with Crippen molar-refractivity contribution >= 4 is 115 Å². The summed E-state index contributed by atoms with van der Waals surface area (Å²) in [7, 11) is 0. The van der Waals surface area contributed by atoms with Crippen LogP contribution in [-0.2, 0) is 0 Å². The van der Waals surface area contributed by atoms with E-state index in [0.717, 1.165) is 73.1 Å². The molecule has 0 aliphatic carbocycles. The van der Waals surface area contributed by atoms with E-state index >= 15 is 0 Å². The molecule has 0 amide bonds. The smallest absolute Gasteiger partial charge is 0.152 e. The SMILES string of the molecule is Cc1ccc2c(c1)c1ccccc1c1cc3c4cc5c(cc4n(-c4ccccc4)c3cc21)N(c1ccc2c(c1)c1cc(-c3ccc4c(c3)c3ccccc3n4-c3ccccc3)ccc1n2-c1ccccc1)c1ccccc1O5. The maximum absolute atomic E-state index is 7.04. The molecule has 0 saturated carbocycles. The Hall–Kier alpha value is -10.4. The Labute approximate surface area is 448 Å². The molecular weight excluding hydrogens is 949 g/mol. The number of hydrogen-bond acceptors (Lipinski definition) is 2. The van der Waals surface area contributed by atoms with Gasteiger partial charge in [-0.25, -0.2) is 0 Å². The third-order valence-electron chi connectivity index (χ3n) is 16.6. The second kappa shape index (κ2) is 16.3. The van der Waals surface area contributed by atoms with Crippen molar-refractivity contribution in [3.8, 4) is 39.7 Å². The lowest BCUT2D eigenvalue weighted by Gasteiger charge is -2.33. The van der Waals surface area contributed by atoms with Crippen LogP contribution < -0.4 is 9.64 Å². The molecule has 0 atom stereocenters. The molecule has 4 heterocycles. The molecule has 0 unspecified atom stereocenters. The molecule has 1 aliphatic heterocycles. The van der Waals surface area contributed by atoms with E-state index in [4.69, 9.17) is 4.74 Å². The molecule has 1 aliphatic rings. The van der Waals surface area contributed by atoms with Crippen molar-refractivity contribution in [1.82, 2.24) is 13.7 Å². The van der Waals surface area contributed by atoms with Crippen molar-refractivity contribution in [2.45, 2.75) is 6.92 Å². The first-order valence-corrected chi connectivity index (χ1v) is 26.8. The molecule has 3 aromatic heterocycles. The van der Waals surface area contributed by atoms with Crippen LogP contribution in [0.4, 0.5) is 17.1 Å². The van der Waals surface area contributed by atoms with Gasteiger partial charge in [0.2, 0.25) is 0 Å². The minimum absolute atomic E-state index is 0.811. The fourth-order valence-corrected chi connectivity index (χ4v) is 13.2. The van der Waals surface area contributed by atoms with Crippen LogP contribution in [0, 0.1) is 6.92 Å². The Morgan fingerprint density at radius 1 is 0.244 bits per heavy atom. The molecule has 0 saturated heterocycles. The summed E-state index contributed by atoms with van der Waals surface area (Å²) in [5, 5.41) is 14.7. The van der Waals surface area contributed by atoms with Crippen LogP contribution >= 0.6 is 0 Å². The average Bonchev–Trinajstić information content (AvgIpc) is 4.23. The van der Waals surface area contributed by atoms with Gasteiger partial charge in [0.05, 0.1) is 44.5 Å². The second-order valence-corrected chi connectivity index (χ2v) is 20.9. The third-order valence-corrected chi connectivity index (χ3v) is 16.6. The number of aryl methyl sites for hydroxylation is 1. The molecule has 5 heteroatoms. The van der Waals surface area contributed by atoms with Gasteiger partial charge in [-0.15, -0.1) is 0 Å². The van der Waals surface area contributed by atoms with Gasteiger partial charge in [0, 0.05) is 55.1 Å². The number of hydrogen-bond donors (Lipinski definition) is 0. The van der Waals surface area contributed by atoms with Crippen molar-refractivity contribution in [1.29, 1.82) is 0 Å². The van der Waals surface area contributed by atoms with E-state index in [-0.39, 0.29) is 0 Å². The van der Waals surface area contributed by atoms with Gasteiger partial charge in [-0.1, -0.05) is 145 Å². The van der Waals surface area contributed by atoms with Crippen LogP contribution in [0.3, 0.4) is 0 Å². The molecule has 5 nitrogen and oxygen atoms in total. The Morgan fingerprint density at radius 2 is 0.705 bits per heavy atom. The number of ether oxygens (including phenoxy) is 1. The van der Waals surface area contributed by atoms with Crippen molar-refractivity contribution < 1.29 is 4.74 Å². The first kappa shape index (κ1) is 42.9. The molecule has 364 valence electrons. The monoisotopic (exact) mass is 994 g/mol. The largest absolute Gasteiger partial charge is 0.453 e. The number of anilines is 3. The zero-order valence-electron chi connectivity index (χ0n) is 42.5. The normalized spacial score (nSPS) is 12.5. The lowest BCUT2D eigenvalue weighted by Crippen LogP contribution is -2.16. The first-order valence-electron chi connectivity index (χ1n) is 26.8. The Morgan fingerprint density at radius 3 is 1.37 bits per heavy atom. The number of para-hydroxylation sites is 6. The minimum Gasteiger partial charge on any atom is -0.453 e. The lowest BCUT2D eigenvalue weighted by molar-refractivity contribution is 0.478. The molecule has 0 radical (unpaired) electrons. The summed E-state index contributed by atoms with van der Waals surface area (Å²) in [6.07, 6.45) is 0. The highest BCUT2D eigenvalue weighted by Crippen LogP contribution is 2.54. The van der Waals surface area contributed by atoms with E-state index in [1.54, 1.807) is 0 Å². The van der Waals surface area contributed by atoms with Crippen molar-refractivity contribution in [2.24, 2.45) is 0 Å². The summed E-state index contributed by atoms with van der Waals surface area (Å²) in [4.78, 5) is 2.41. The van der Waals surface area contributed by atoms with E-state index in [0.29, 0.717) is 0 Å². The number of nitrogens with zero attached hydrogens (tertiary/aromatic N) is 4. The van der Waals surface area contributed by atoms with E-state index in [2.05, 4.69) is 286 Å². The molecule has 17 rings (SSSR count). The minimum atomic E-state index is 0.811. The zero-order chi connectivity index (χ0) is 51.2. The van der Waals surface area contributed by atoms with Gasteiger partial charge in [0.15, 0.2) is 11.5 Å². The van der Waals surface area contributed by atoms with Gasteiger partial charge < -0.3 is 23.3 Å². The van der Waals surface area contributed by atoms with Gasteiger partial charge in [0.25, 0.3) is 0 Å². The molecule has 0 N–H and O–H groups in total. The van der Waals surface area contributed by atoms with E-state index in [1.165, 1.54) is 87.0 Å². The summed E-state index contributed by atoms with van der Waals surface area (Å²) in [6.45, 7) is 2.19. The molecule has 16 aromatic rings. The summed E-state index contributed by atoms with van der Waals surface area (Å²) in [5.41, 5.74) is 16.9. The molecule has 0 bridgehead atoms. The third kappa shape index (κ3) is 6.18. The fourth-order valence-electron chi connectivity index (χ4n) is 13.2. The van der Waals surface area contributed by atoms with Crippen molar-refractivity contribution in [3.63, 3.8) is 0 Å².